The number of halogens is 2. The number of carbonyl (C=O) groups is 1. The number of ether oxygens (including phenoxy) is 1. The van der Waals surface area contributed by atoms with Crippen molar-refractivity contribution in [2.24, 2.45) is 11.0 Å². The molecule has 1 heterocycles. The van der Waals surface area contributed by atoms with E-state index in [9.17, 15) is 4.79 Å². The first-order valence-electron chi connectivity index (χ1n) is 8.21. The lowest BCUT2D eigenvalue weighted by atomic mass is 10.2. The topological polar surface area (TPSA) is 68.5 Å². The fourth-order valence-corrected chi connectivity index (χ4v) is 2.65. The molecule has 2 aromatic rings. The van der Waals surface area contributed by atoms with E-state index in [1.54, 1.807) is 22.9 Å². The van der Waals surface area contributed by atoms with E-state index in [1.165, 1.54) is 6.21 Å². The molecule has 1 aromatic carbocycles. The Hall–Kier alpha value is -2.05. The second-order valence-electron chi connectivity index (χ2n) is 6.36. The van der Waals surface area contributed by atoms with Crippen LogP contribution in [-0.2, 0) is 11.3 Å². The third-order valence-corrected chi connectivity index (χ3v) is 4.35. The van der Waals surface area contributed by atoms with Crippen LogP contribution in [0.5, 0.6) is 5.75 Å². The molecule has 1 N–H and O–H groups in total. The van der Waals surface area contributed by atoms with Gasteiger partial charge in [-0.1, -0.05) is 37.0 Å². The fourth-order valence-electron chi connectivity index (χ4n) is 2.24. The minimum Gasteiger partial charge on any atom is -0.484 e. The molecule has 0 saturated carbocycles. The summed E-state index contributed by atoms with van der Waals surface area (Å²) >= 11 is 12.3. The minimum atomic E-state index is -0.378. The number of aryl methyl sites for hydroxylation is 2. The lowest BCUT2D eigenvalue weighted by molar-refractivity contribution is -0.123. The van der Waals surface area contributed by atoms with Crippen LogP contribution in [0, 0.1) is 19.8 Å². The summed E-state index contributed by atoms with van der Waals surface area (Å²) in [5.74, 6) is 0.613. The number of carbonyl (C=O) groups excluding carboxylic acids is 1. The Kier molecular flexibility index (Phi) is 7.06. The maximum Gasteiger partial charge on any atom is 0.277 e. The standard InChI is InChI=1S/C18H22Cl2N4O2/c1-11(2)9-24-18(20)15(13(4)23-24)8-21-22-17(25)10-26-14-5-6-16(19)12(3)7-14/h5-8,11H,9-10H2,1-4H3,(H,22,25)/b21-8-. The molecule has 0 aliphatic heterocycles. The second-order valence-corrected chi connectivity index (χ2v) is 7.12. The van der Waals surface area contributed by atoms with Crippen molar-refractivity contribution in [3.63, 3.8) is 0 Å². The maximum atomic E-state index is 11.8. The molecule has 0 saturated heterocycles. The molecule has 26 heavy (non-hydrogen) atoms. The highest BCUT2D eigenvalue weighted by molar-refractivity contribution is 6.32. The van der Waals surface area contributed by atoms with Crippen LogP contribution in [0.15, 0.2) is 23.3 Å². The van der Waals surface area contributed by atoms with Crippen molar-refractivity contribution < 1.29 is 9.53 Å². The Bertz CT molecular complexity index is 816. The highest BCUT2D eigenvalue weighted by atomic mass is 35.5. The third-order valence-electron chi connectivity index (χ3n) is 3.53. The first-order valence-corrected chi connectivity index (χ1v) is 8.97. The van der Waals surface area contributed by atoms with Crippen LogP contribution in [0.1, 0.15) is 30.7 Å². The van der Waals surface area contributed by atoms with Gasteiger partial charge in [0.15, 0.2) is 6.61 Å². The molecule has 0 aliphatic carbocycles. The number of amides is 1. The second kappa shape index (κ2) is 9.05. The van der Waals surface area contributed by atoms with Crippen LogP contribution < -0.4 is 10.2 Å². The van der Waals surface area contributed by atoms with E-state index in [0.29, 0.717) is 34.0 Å². The number of hydrogen-bond acceptors (Lipinski definition) is 4. The van der Waals surface area contributed by atoms with Crippen molar-refractivity contribution in [2.75, 3.05) is 6.61 Å². The summed E-state index contributed by atoms with van der Waals surface area (Å²) in [5.41, 5.74) is 4.73. The summed E-state index contributed by atoms with van der Waals surface area (Å²) in [6, 6.07) is 5.20. The Labute approximate surface area is 163 Å². The molecule has 1 aromatic heterocycles. The van der Waals surface area contributed by atoms with E-state index in [1.807, 2.05) is 13.8 Å². The summed E-state index contributed by atoms with van der Waals surface area (Å²) in [4.78, 5) is 11.8. The van der Waals surface area contributed by atoms with Crippen molar-refractivity contribution in [1.82, 2.24) is 15.2 Å². The van der Waals surface area contributed by atoms with Crippen LogP contribution >= 0.6 is 23.2 Å². The van der Waals surface area contributed by atoms with Crippen molar-refractivity contribution in [3.8, 4) is 5.75 Å². The minimum absolute atomic E-state index is 0.155. The van der Waals surface area contributed by atoms with Gasteiger partial charge < -0.3 is 4.74 Å². The molecule has 0 unspecified atom stereocenters. The zero-order valence-corrected chi connectivity index (χ0v) is 16.7. The van der Waals surface area contributed by atoms with Gasteiger partial charge in [-0.25, -0.2) is 5.43 Å². The monoisotopic (exact) mass is 396 g/mol. The molecule has 8 heteroatoms. The van der Waals surface area contributed by atoms with Gasteiger partial charge in [0.05, 0.1) is 17.5 Å². The molecule has 0 radical (unpaired) electrons. The predicted molar refractivity (Wildman–Crippen MR) is 104 cm³/mol. The van der Waals surface area contributed by atoms with Crippen molar-refractivity contribution in [2.45, 2.75) is 34.2 Å². The van der Waals surface area contributed by atoms with E-state index < -0.39 is 0 Å². The first kappa shape index (κ1) is 20.3. The molecule has 0 fully saturated rings. The van der Waals surface area contributed by atoms with Crippen molar-refractivity contribution in [3.05, 3.63) is 45.2 Å². The Morgan fingerprint density at radius 1 is 1.38 bits per heavy atom. The summed E-state index contributed by atoms with van der Waals surface area (Å²) < 4.78 is 7.15. The van der Waals surface area contributed by atoms with Gasteiger partial charge >= 0.3 is 0 Å². The molecule has 0 bridgehead atoms. The Balaban J connectivity index is 1.90. The summed E-state index contributed by atoms with van der Waals surface area (Å²) in [5, 5.41) is 9.47. The van der Waals surface area contributed by atoms with Crippen molar-refractivity contribution >= 4 is 35.3 Å². The van der Waals surface area contributed by atoms with Crippen LogP contribution in [0.2, 0.25) is 10.2 Å². The van der Waals surface area contributed by atoms with E-state index >= 15 is 0 Å². The number of rotatable bonds is 7. The van der Waals surface area contributed by atoms with Gasteiger partial charge in [-0.3, -0.25) is 9.48 Å². The molecule has 0 spiro atoms. The fraction of sp³-hybridized carbons (Fsp3) is 0.389. The number of nitrogens with one attached hydrogen (secondary N) is 1. The highest BCUT2D eigenvalue weighted by Gasteiger charge is 2.12. The number of hydrazone groups is 1. The quantitative estimate of drug-likeness (QED) is 0.567. The molecule has 1 amide bonds. The first-order chi connectivity index (χ1) is 12.3. The average Bonchev–Trinajstić information content (AvgIpc) is 2.82. The van der Waals surface area contributed by atoms with Gasteiger partial charge in [0.2, 0.25) is 0 Å². The summed E-state index contributed by atoms with van der Waals surface area (Å²) in [7, 11) is 0. The van der Waals surface area contributed by atoms with Gasteiger partial charge in [-0.15, -0.1) is 0 Å². The molecule has 0 atom stereocenters. The molecular formula is C18H22Cl2N4O2. The number of hydrogen-bond donors (Lipinski definition) is 1. The SMILES string of the molecule is Cc1cc(OCC(=O)N/N=C\c2c(C)nn(CC(C)C)c2Cl)ccc1Cl. The Morgan fingerprint density at radius 3 is 2.77 bits per heavy atom. The zero-order valence-electron chi connectivity index (χ0n) is 15.2. The van der Waals surface area contributed by atoms with Crippen LogP contribution in [0.25, 0.3) is 0 Å². The number of aromatic nitrogens is 2. The average molecular weight is 397 g/mol. The lowest BCUT2D eigenvalue weighted by Gasteiger charge is -2.06. The molecule has 2 rings (SSSR count). The van der Waals surface area contributed by atoms with E-state index in [-0.39, 0.29) is 12.5 Å². The van der Waals surface area contributed by atoms with E-state index in [4.69, 9.17) is 27.9 Å². The van der Waals surface area contributed by atoms with Gasteiger partial charge in [-0.2, -0.15) is 10.2 Å². The Morgan fingerprint density at radius 2 is 2.12 bits per heavy atom. The molecule has 140 valence electrons. The lowest BCUT2D eigenvalue weighted by Crippen LogP contribution is -2.24. The largest absolute Gasteiger partial charge is 0.484 e. The van der Waals surface area contributed by atoms with E-state index in [2.05, 4.69) is 29.5 Å². The summed E-state index contributed by atoms with van der Waals surface area (Å²) in [6.45, 7) is 8.45. The van der Waals surface area contributed by atoms with Gasteiger partial charge in [0.1, 0.15) is 10.9 Å². The third kappa shape index (κ3) is 5.47. The van der Waals surface area contributed by atoms with Crippen LogP contribution in [-0.4, -0.2) is 28.5 Å². The van der Waals surface area contributed by atoms with E-state index in [0.717, 1.165) is 11.3 Å². The number of nitrogens with zero attached hydrogens (tertiary/aromatic N) is 3. The normalized spacial score (nSPS) is 11.3. The van der Waals surface area contributed by atoms with Gasteiger partial charge in [-0.05, 0) is 43.5 Å². The van der Waals surface area contributed by atoms with Crippen molar-refractivity contribution in [1.29, 1.82) is 0 Å². The number of benzene rings is 1. The smallest absolute Gasteiger partial charge is 0.277 e. The van der Waals surface area contributed by atoms with Gasteiger partial charge in [0, 0.05) is 11.6 Å². The molecule has 6 nitrogen and oxygen atoms in total. The van der Waals surface area contributed by atoms with Crippen LogP contribution in [0.3, 0.4) is 0 Å². The molecule has 0 aliphatic rings. The van der Waals surface area contributed by atoms with Crippen LogP contribution in [0.4, 0.5) is 0 Å². The predicted octanol–water partition coefficient (Wildman–Crippen LogP) is 3.99. The maximum absolute atomic E-state index is 11.8. The van der Waals surface area contributed by atoms with Gasteiger partial charge in [0.25, 0.3) is 5.91 Å². The molecular weight excluding hydrogens is 375 g/mol. The zero-order chi connectivity index (χ0) is 19.3. The summed E-state index contributed by atoms with van der Waals surface area (Å²) in [6.07, 6.45) is 1.49. The highest BCUT2D eigenvalue weighted by Crippen LogP contribution is 2.21.